The highest BCUT2D eigenvalue weighted by molar-refractivity contribution is 6.35. The summed E-state index contributed by atoms with van der Waals surface area (Å²) < 4.78 is 5.44. The molecule has 1 aromatic heterocycles. The summed E-state index contributed by atoms with van der Waals surface area (Å²) in [7, 11) is 0. The molecule has 0 bridgehead atoms. The number of ether oxygens (including phenoxy) is 1. The van der Waals surface area contributed by atoms with Crippen LogP contribution >= 0.6 is 11.6 Å². The van der Waals surface area contributed by atoms with Crippen molar-refractivity contribution in [2.24, 2.45) is 5.73 Å². The van der Waals surface area contributed by atoms with Crippen LogP contribution in [0, 0.1) is 0 Å². The average Bonchev–Trinajstić information content (AvgIpc) is 2.46. The van der Waals surface area contributed by atoms with Crippen LogP contribution in [-0.4, -0.2) is 29.9 Å². The first-order valence-electron chi connectivity index (χ1n) is 6.29. The highest BCUT2D eigenvalue weighted by atomic mass is 35.5. The maximum atomic E-state index is 11.6. The number of aromatic nitrogens is 1. The van der Waals surface area contributed by atoms with Crippen LogP contribution in [0.5, 0.6) is 5.75 Å². The van der Waals surface area contributed by atoms with E-state index in [4.69, 9.17) is 22.1 Å². The topological polar surface area (TPSA) is 94.3 Å². The van der Waals surface area contributed by atoms with Crippen LogP contribution in [0.1, 0.15) is 6.42 Å². The van der Waals surface area contributed by atoms with E-state index in [1.54, 1.807) is 24.4 Å². The fraction of sp³-hybridized carbons (Fsp3) is 0.214. The first-order valence-corrected chi connectivity index (χ1v) is 6.67. The molecule has 0 saturated heterocycles. The Bertz CT molecular complexity index is 676. The summed E-state index contributed by atoms with van der Waals surface area (Å²) >= 11 is 6.07. The van der Waals surface area contributed by atoms with Crippen LogP contribution in [0.3, 0.4) is 0 Å². The molecule has 6 nitrogen and oxygen atoms in total. The highest BCUT2D eigenvalue weighted by Crippen LogP contribution is 2.29. The van der Waals surface area contributed by atoms with Gasteiger partial charge in [-0.1, -0.05) is 11.6 Å². The van der Waals surface area contributed by atoms with Crippen molar-refractivity contribution in [2.75, 3.05) is 13.2 Å². The lowest BCUT2D eigenvalue weighted by molar-refractivity contribution is -0.123. The van der Waals surface area contributed by atoms with E-state index in [1.165, 1.54) is 0 Å². The molecule has 0 aliphatic heterocycles. The van der Waals surface area contributed by atoms with E-state index < -0.39 is 5.91 Å². The molecule has 2 aromatic rings. The number of nitrogens with one attached hydrogen (secondary N) is 1. The number of hydrogen-bond donors (Lipinski definition) is 2. The maximum Gasteiger partial charge on any atom is 0.257 e. The van der Waals surface area contributed by atoms with Crippen molar-refractivity contribution < 1.29 is 14.3 Å². The van der Waals surface area contributed by atoms with Gasteiger partial charge < -0.3 is 15.8 Å². The largest absolute Gasteiger partial charge is 0.481 e. The summed E-state index contributed by atoms with van der Waals surface area (Å²) in [5.74, 6) is -0.334. The first-order chi connectivity index (χ1) is 10.1. The minimum atomic E-state index is -0.468. The quantitative estimate of drug-likeness (QED) is 0.840. The van der Waals surface area contributed by atoms with Crippen LogP contribution < -0.4 is 15.8 Å². The highest BCUT2D eigenvalue weighted by Gasteiger charge is 2.09. The Hall–Kier alpha value is -2.34. The molecule has 0 fully saturated rings. The molecule has 1 heterocycles. The maximum absolute atomic E-state index is 11.6. The number of benzene rings is 1. The van der Waals surface area contributed by atoms with Gasteiger partial charge in [-0.2, -0.15) is 0 Å². The van der Waals surface area contributed by atoms with Gasteiger partial charge in [-0.05, 0) is 24.3 Å². The third-order valence-electron chi connectivity index (χ3n) is 2.73. The van der Waals surface area contributed by atoms with E-state index in [0.29, 0.717) is 16.3 Å². The number of rotatable bonds is 6. The number of amides is 2. The fourth-order valence-electron chi connectivity index (χ4n) is 1.75. The van der Waals surface area contributed by atoms with Crippen molar-refractivity contribution >= 4 is 34.3 Å². The number of hydrogen-bond acceptors (Lipinski definition) is 4. The van der Waals surface area contributed by atoms with Crippen LogP contribution in [0.4, 0.5) is 0 Å². The van der Waals surface area contributed by atoms with Gasteiger partial charge in [0.1, 0.15) is 11.3 Å². The second kappa shape index (κ2) is 6.90. The van der Waals surface area contributed by atoms with E-state index in [9.17, 15) is 9.59 Å². The van der Waals surface area contributed by atoms with E-state index in [0.717, 1.165) is 5.39 Å². The molecule has 110 valence electrons. The molecule has 2 rings (SSSR count). The fourth-order valence-corrected chi connectivity index (χ4v) is 1.96. The molecule has 7 heteroatoms. The van der Waals surface area contributed by atoms with E-state index >= 15 is 0 Å². The Balaban J connectivity index is 1.99. The Morgan fingerprint density at radius 3 is 2.90 bits per heavy atom. The van der Waals surface area contributed by atoms with Gasteiger partial charge in [0, 0.05) is 24.5 Å². The first kappa shape index (κ1) is 15.1. The smallest absolute Gasteiger partial charge is 0.257 e. The third-order valence-corrected chi connectivity index (χ3v) is 3.06. The molecule has 0 radical (unpaired) electrons. The van der Waals surface area contributed by atoms with Crippen molar-refractivity contribution in [1.29, 1.82) is 0 Å². The summed E-state index contributed by atoms with van der Waals surface area (Å²) in [5, 5.41) is 3.85. The normalized spacial score (nSPS) is 10.3. The number of pyridine rings is 1. The van der Waals surface area contributed by atoms with Gasteiger partial charge >= 0.3 is 0 Å². The molecule has 0 spiro atoms. The Morgan fingerprint density at radius 2 is 2.14 bits per heavy atom. The zero-order valence-corrected chi connectivity index (χ0v) is 11.9. The lowest BCUT2D eigenvalue weighted by Gasteiger charge is -2.09. The molecule has 0 atom stereocenters. The zero-order chi connectivity index (χ0) is 15.2. The monoisotopic (exact) mass is 307 g/mol. The summed E-state index contributed by atoms with van der Waals surface area (Å²) in [6, 6.07) is 6.94. The van der Waals surface area contributed by atoms with Gasteiger partial charge in [0.15, 0.2) is 6.61 Å². The number of fused-ring (bicyclic) bond motifs is 1. The van der Waals surface area contributed by atoms with Crippen molar-refractivity contribution in [1.82, 2.24) is 10.3 Å². The summed E-state index contributed by atoms with van der Waals surface area (Å²) in [6.07, 6.45) is 1.72. The minimum absolute atomic E-state index is 0.0944. The van der Waals surface area contributed by atoms with Crippen LogP contribution in [-0.2, 0) is 9.59 Å². The molecule has 3 N–H and O–H groups in total. The van der Waals surface area contributed by atoms with Crippen LogP contribution in [0.2, 0.25) is 5.02 Å². The Kier molecular flexibility index (Phi) is 4.94. The average molecular weight is 308 g/mol. The predicted molar refractivity (Wildman–Crippen MR) is 79.1 cm³/mol. The lowest BCUT2D eigenvalue weighted by atomic mass is 10.2. The Labute approximate surface area is 126 Å². The minimum Gasteiger partial charge on any atom is -0.481 e. The number of carbonyl (C=O) groups is 2. The van der Waals surface area contributed by atoms with Crippen molar-refractivity contribution in [3.63, 3.8) is 0 Å². The summed E-state index contributed by atoms with van der Waals surface area (Å²) in [5.41, 5.74) is 5.57. The molecule has 0 aliphatic carbocycles. The number of nitrogens with two attached hydrogens (primary N) is 1. The molecule has 21 heavy (non-hydrogen) atoms. The van der Waals surface area contributed by atoms with E-state index in [-0.39, 0.29) is 25.5 Å². The summed E-state index contributed by atoms with van der Waals surface area (Å²) in [4.78, 5) is 26.3. The van der Waals surface area contributed by atoms with Crippen molar-refractivity contribution in [3.8, 4) is 5.75 Å². The number of halogens is 1. The molecule has 2 amide bonds. The van der Waals surface area contributed by atoms with Crippen LogP contribution in [0.25, 0.3) is 10.9 Å². The SMILES string of the molecule is NC(=O)CCNC(=O)COc1ccc(Cl)c2cccnc12. The van der Waals surface area contributed by atoms with Gasteiger partial charge in [-0.25, -0.2) is 0 Å². The second-order valence-electron chi connectivity index (χ2n) is 4.30. The third kappa shape index (κ3) is 4.06. The van der Waals surface area contributed by atoms with Gasteiger partial charge in [-0.3, -0.25) is 14.6 Å². The predicted octanol–water partition coefficient (Wildman–Crippen LogP) is 1.26. The van der Waals surface area contributed by atoms with Gasteiger partial charge in [-0.15, -0.1) is 0 Å². The van der Waals surface area contributed by atoms with Crippen LogP contribution in [0.15, 0.2) is 30.5 Å². The molecular formula is C14H14ClN3O3. The summed E-state index contributed by atoms with van der Waals surface area (Å²) in [6.45, 7) is 0.0171. The number of carbonyl (C=O) groups excluding carboxylic acids is 2. The molecule has 0 saturated carbocycles. The molecule has 0 aliphatic rings. The van der Waals surface area contributed by atoms with E-state index in [1.807, 2.05) is 6.07 Å². The van der Waals surface area contributed by atoms with Gasteiger partial charge in [0.2, 0.25) is 5.91 Å². The number of primary amides is 1. The molecule has 1 aromatic carbocycles. The van der Waals surface area contributed by atoms with Crippen molar-refractivity contribution in [3.05, 3.63) is 35.5 Å². The van der Waals surface area contributed by atoms with Gasteiger partial charge in [0.25, 0.3) is 5.91 Å². The molecule has 0 unspecified atom stereocenters. The second-order valence-corrected chi connectivity index (χ2v) is 4.71. The van der Waals surface area contributed by atoms with Gasteiger partial charge in [0.05, 0.1) is 5.02 Å². The van der Waals surface area contributed by atoms with Crippen molar-refractivity contribution in [2.45, 2.75) is 6.42 Å². The number of nitrogens with zero attached hydrogens (tertiary/aromatic N) is 1. The Morgan fingerprint density at radius 1 is 1.33 bits per heavy atom. The standard InChI is InChI=1S/C14H14ClN3O3/c15-10-3-4-11(14-9(10)2-1-6-18-14)21-8-13(20)17-7-5-12(16)19/h1-4,6H,5,7-8H2,(H2,16,19)(H,17,20). The molecular weight excluding hydrogens is 294 g/mol. The lowest BCUT2D eigenvalue weighted by Crippen LogP contribution is -2.31. The zero-order valence-electron chi connectivity index (χ0n) is 11.1. The van der Waals surface area contributed by atoms with E-state index in [2.05, 4.69) is 10.3 Å².